The maximum absolute atomic E-state index is 11.8. The maximum atomic E-state index is 11.8. The number of ether oxygens (including phenoxy) is 2. The topological polar surface area (TPSA) is 90.0 Å². The van der Waals surface area contributed by atoms with Gasteiger partial charge in [0.15, 0.2) is 0 Å². The van der Waals surface area contributed by atoms with Crippen LogP contribution in [0.25, 0.3) is 0 Å². The molecule has 2 aliphatic rings. The summed E-state index contributed by atoms with van der Waals surface area (Å²) in [6, 6.07) is 0. The van der Waals surface area contributed by atoms with Gasteiger partial charge < -0.3 is 9.47 Å². The van der Waals surface area contributed by atoms with E-state index in [-0.39, 0.29) is 0 Å². The van der Waals surface area contributed by atoms with Crippen LogP contribution in [0, 0.1) is 0 Å². The molecule has 0 aromatic carbocycles. The van der Waals surface area contributed by atoms with Crippen molar-refractivity contribution in [3.05, 3.63) is 0 Å². The second-order valence-corrected chi connectivity index (χ2v) is 3.73. The van der Waals surface area contributed by atoms with Crippen LogP contribution in [0.4, 0.5) is 0 Å². The lowest BCUT2D eigenvalue weighted by Gasteiger charge is -2.21. The zero-order chi connectivity index (χ0) is 12.1. The SMILES string of the molecule is CC(=O)O[C@@]12CC(=O)O[C@@H]1C(=O)N(C)C2=O. The lowest BCUT2D eigenvalue weighted by atomic mass is 9.97. The van der Waals surface area contributed by atoms with Gasteiger partial charge in [-0.2, -0.15) is 0 Å². The summed E-state index contributed by atoms with van der Waals surface area (Å²) in [4.78, 5) is 46.2. The summed E-state index contributed by atoms with van der Waals surface area (Å²) in [6.45, 7) is 1.10. The van der Waals surface area contributed by atoms with Crippen LogP contribution in [0.1, 0.15) is 13.3 Å². The Kier molecular flexibility index (Phi) is 2.01. The molecule has 2 aliphatic heterocycles. The second-order valence-electron chi connectivity index (χ2n) is 3.73. The minimum absolute atomic E-state index is 0.411. The van der Waals surface area contributed by atoms with Gasteiger partial charge in [0.05, 0.1) is 6.42 Å². The summed E-state index contributed by atoms with van der Waals surface area (Å²) in [5, 5.41) is 0. The van der Waals surface area contributed by atoms with Crippen molar-refractivity contribution in [3.8, 4) is 0 Å². The highest BCUT2D eigenvalue weighted by Crippen LogP contribution is 2.38. The summed E-state index contributed by atoms with van der Waals surface area (Å²) in [7, 11) is 1.25. The highest BCUT2D eigenvalue weighted by atomic mass is 16.6. The summed E-state index contributed by atoms with van der Waals surface area (Å²) < 4.78 is 9.56. The van der Waals surface area contributed by atoms with Gasteiger partial charge >= 0.3 is 11.9 Å². The number of hydrogen-bond donors (Lipinski definition) is 0. The molecule has 2 rings (SSSR count). The van der Waals surface area contributed by atoms with Gasteiger partial charge in [-0.05, 0) is 0 Å². The van der Waals surface area contributed by atoms with Gasteiger partial charge in [0.25, 0.3) is 11.8 Å². The number of likely N-dealkylation sites (tertiary alicyclic amines) is 1. The third-order valence-corrected chi connectivity index (χ3v) is 2.63. The molecule has 7 heteroatoms. The molecule has 0 N–H and O–H groups in total. The predicted octanol–water partition coefficient (Wildman–Crippen LogP) is -1.40. The largest absolute Gasteiger partial charge is 0.447 e. The lowest BCUT2D eigenvalue weighted by molar-refractivity contribution is -0.169. The van der Waals surface area contributed by atoms with Crippen molar-refractivity contribution in [3.63, 3.8) is 0 Å². The first-order valence-electron chi connectivity index (χ1n) is 4.59. The van der Waals surface area contributed by atoms with E-state index in [1.807, 2.05) is 0 Å². The fourth-order valence-electron chi connectivity index (χ4n) is 1.96. The zero-order valence-corrected chi connectivity index (χ0v) is 8.68. The number of carbonyl (C=O) groups excluding carboxylic acids is 4. The zero-order valence-electron chi connectivity index (χ0n) is 8.68. The summed E-state index contributed by atoms with van der Waals surface area (Å²) in [5.41, 5.74) is -1.78. The Morgan fingerprint density at radius 2 is 2.12 bits per heavy atom. The highest BCUT2D eigenvalue weighted by Gasteiger charge is 2.68. The molecule has 0 radical (unpaired) electrons. The van der Waals surface area contributed by atoms with Crippen LogP contribution in [-0.2, 0) is 28.7 Å². The second kappa shape index (κ2) is 3.03. The predicted molar refractivity (Wildman–Crippen MR) is 46.8 cm³/mol. The molecule has 2 fully saturated rings. The Balaban J connectivity index is 2.45. The van der Waals surface area contributed by atoms with Crippen molar-refractivity contribution in [1.29, 1.82) is 0 Å². The molecule has 0 bridgehead atoms. The van der Waals surface area contributed by atoms with E-state index < -0.39 is 41.9 Å². The maximum Gasteiger partial charge on any atom is 0.311 e. The van der Waals surface area contributed by atoms with Crippen LogP contribution < -0.4 is 0 Å². The van der Waals surface area contributed by atoms with E-state index >= 15 is 0 Å². The molecule has 2 atom stereocenters. The van der Waals surface area contributed by atoms with E-state index in [4.69, 9.17) is 9.47 Å². The molecule has 0 spiro atoms. The Bertz CT molecular complexity index is 416. The number of fused-ring (bicyclic) bond motifs is 1. The molecule has 0 aromatic rings. The number of esters is 2. The minimum atomic E-state index is -1.78. The van der Waals surface area contributed by atoms with E-state index in [1.165, 1.54) is 7.05 Å². The number of likely N-dealkylation sites (N-methyl/N-ethyl adjacent to an activating group) is 1. The Labute approximate surface area is 90.3 Å². The summed E-state index contributed by atoms with van der Waals surface area (Å²) >= 11 is 0. The highest BCUT2D eigenvalue weighted by molar-refractivity contribution is 6.14. The monoisotopic (exact) mass is 227 g/mol. The molecule has 0 unspecified atom stereocenters. The van der Waals surface area contributed by atoms with Crippen molar-refractivity contribution >= 4 is 23.8 Å². The molecule has 7 nitrogen and oxygen atoms in total. The molecular formula is C9H9NO6. The van der Waals surface area contributed by atoms with Gasteiger partial charge in [0, 0.05) is 14.0 Å². The first-order chi connectivity index (χ1) is 7.38. The third kappa shape index (κ3) is 1.14. The van der Waals surface area contributed by atoms with Crippen molar-refractivity contribution in [2.45, 2.75) is 25.0 Å². The number of rotatable bonds is 1. The van der Waals surface area contributed by atoms with E-state index in [2.05, 4.69) is 0 Å². The lowest BCUT2D eigenvalue weighted by Crippen LogP contribution is -2.46. The average molecular weight is 227 g/mol. The molecule has 0 aromatic heterocycles. The third-order valence-electron chi connectivity index (χ3n) is 2.63. The van der Waals surface area contributed by atoms with E-state index in [0.29, 0.717) is 0 Å². The number of carbonyl (C=O) groups is 4. The molecule has 2 amide bonds. The quantitative estimate of drug-likeness (QED) is 0.404. The van der Waals surface area contributed by atoms with Crippen molar-refractivity contribution in [1.82, 2.24) is 4.90 Å². The first kappa shape index (κ1) is 10.6. The Morgan fingerprint density at radius 3 is 2.69 bits per heavy atom. The fraction of sp³-hybridized carbons (Fsp3) is 0.556. The van der Waals surface area contributed by atoms with Crippen LogP contribution in [-0.4, -0.2) is 47.4 Å². The first-order valence-corrected chi connectivity index (χ1v) is 4.59. The van der Waals surface area contributed by atoms with Crippen LogP contribution in [0.15, 0.2) is 0 Å². The van der Waals surface area contributed by atoms with Gasteiger partial charge in [-0.3, -0.25) is 24.1 Å². The molecule has 2 saturated heterocycles. The molecule has 2 heterocycles. The fourth-order valence-corrected chi connectivity index (χ4v) is 1.96. The Hall–Kier alpha value is -1.92. The van der Waals surface area contributed by atoms with Crippen LogP contribution >= 0.6 is 0 Å². The van der Waals surface area contributed by atoms with Gasteiger partial charge in [-0.1, -0.05) is 0 Å². The molecule has 0 saturated carbocycles. The smallest absolute Gasteiger partial charge is 0.311 e. The standard InChI is InChI=1S/C9H9NO6/c1-4(11)16-9-3-5(12)15-6(9)7(13)10(2)8(9)14/h6H,3H2,1-2H3/t6-,9+/m1/s1. The summed E-state index contributed by atoms with van der Waals surface area (Å²) in [5.74, 6) is -2.85. The van der Waals surface area contributed by atoms with E-state index in [0.717, 1.165) is 11.8 Å². The van der Waals surface area contributed by atoms with Crippen LogP contribution in [0.2, 0.25) is 0 Å². The number of imide groups is 1. The average Bonchev–Trinajstić information content (AvgIpc) is 2.58. The number of amides is 2. The number of hydrogen-bond acceptors (Lipinski definition) is 6. The number of nitrogens with zero attached hydrogens (tertiary/aromatic N) is 1. The minimum Gasteiger partial charge on any atom is -0.447 e. The Morgan fingerprint density at radius 1 is 1.50 bits per heavy atom. The van der Waals surface area contributed by atoms with Gasteiger partial charge in [0.2, 0.25) is 11.7 Å². The molecule has 0 aliphatic carbocycles. The molecule has 86 valence electrons. The van der Waals surface area contributed by atoms with Crippen molar-refractivity contribution < 1.29 is 28.7 Å². The molecule has 16 heavy (non-hydrogen) atoms. The van der Waals surface area contributed by atoms with Gasteiger partial charge in [-0.15, -0.1) is 0 Å². The van der Waals surface area contributed by atoms with E-state index in [9.17, 15) is 19.2 Å². The van der Waals surface area contributed by atoms with Crippen molar-refractivity contribution in [2.24, 2.45) is 0 Å². The van der Waals surface area contributed by atoms with E-state index in [1.54, 1.807) is 0 Å². The van der Waals surface area contributed by atoms with Crippen LogP contribution in [0.5, 0.6) is 0 Å². The summed E-state index contributed by atoms with van der Waals surface area (Å²) in [6.07, 6.45) is -1.74. The molecular weight excluding hydrogens is 218 g/mol. The van der Waals surface area contributed by atoms with Crippen LogP contribution in [0.3, 0.4) is 0 Å². The van der Waals surface area contributed by atoms with Gasteiger partial charge in [-0.25, -0.2) is 0 Å². The van der Waals surface area contributed by atoms with Gasteiger partial charge in [0.1, 0.15) is 0 Å². The normalized spacial score (nSPS) is 32.8. The van der Waals surface area contributed by atoms with Crippen molar-refractivity contribution in [2.75, 3.05) is 7.05 Å².